The van der Waals surface area contributed by atoms with Crippen LogP contribution in [-0.4, -0.2) is 4.57 Å². The Hall–Kier alpha value is -7.94. The molecule has 0 fully saturated rings. The van der Waals surface area contributed by atoms with Crippen molar-refractivity contribution in [3.8, 4) is 50.2 Å². The van der Waals surface area contributed by atoms with Gasteiger partial charge in [0.1, 0.15) is 0 Å². The molecule has 0 atom stereocenters. The fraction of sp³-hybridized carbons (Fsp3) is 0.0645. The smallest absolute Gasteiger partial charge is 0.0547 e. The second-order valence-electron chi connectivity index (χ2n) is 17.7. The van der Waals surface area contributed by atoms with Gasteiger partial charge in [-0.05, 0) is 121 Å². The first-order valence-corrected chi connectivity index (χ1v) is 22.4. The van der Waals surface area contributed by atoms with Crippen LogP contribution in [0.2, 0.25) is 0 Å². The zero-order valence-corrected chi connectivity index (χ0v) is 36.0. The van der Waals surface area contributed by atoms with E-state index in [1.165, 1.54) is 99.5 Å². The zero-order valence-electron chi connectivity index (χ0n) is 36.0. The molecule has 64 heavy (non-hydrogen) atoms. The van der Waals surface area contributed by atoms with Crippen LogP contribution in [0.15, 0.2) is 231 Å². The molecule has 0 aliphatic heterocycles. The monoisotopic (exact) mass is 818 g/mol. The van der Waals surface area contributed by atoms with Gasteiger partial charge in [-0.3, -0.25) is 0 Å². The average molecular weight is 819 g/mol. The SMILES string of the molecule is CC1(C)c2ccccc2-c2ccc(N(Cc3ccccc3-c3ccccc3)c3ccc(-c4cccc(-n5c6ccccc6c6c7c(-c8ccccc8)cccc7ccc65)c4)cc3)cc21. The molecule has 0 saturated heterocycles. The number of nitrogens with zero attached hydrogens (tertiary/aromatic N) is 2. The Kier molecular flexibility index (Phi) is 8.95. The molecule has 0 N–H and O–H groups in total. The molecule has 1 aliphatic rings. The van der Waals surface area contributed by atoms with Crippen molar-refractivity contribution in [3.05, 3.63) is 247 Å². The van der Waals surface area contributed by atoms with Crippen LogP contribution in [0.5, 0.6) is 0 Å². The van der Waals surface area contributed by atoms with E-state index < -0.39 is 0 Å². The molecule has 12 rings (SSSR count). The summed E-state index contributed by atoms with van der Waals surface area (Å²) < 4.78 is 2.45. The predicted molar refractivity (Wildman–Crippen MR) is 271 cm³/mol. The Morgan fingerprint density at radius 1 is 0.391 bits per heavy atom. The molecular formula is C62H46N2. The second kappa shape index (κ2) is 15.1. The van der Waals surface area contributed by atoms with Crippen molar-refractivity contribution in [2.24, 2.45) is 0 Å². The minimum Gasteiger partial charge on any atom is -0.337 e. The number of hydrogen-bond donors (Lipinski definition) is 0. The molecule has 0 saturated carbocycles. The van der Waals surface area contributed by atoms with Crippen molar-refractivity contribution in [2.45, 2.75) is 25.8 Å². The van der Waals surface area contributed by atoms with Crippen LogP contribution in [0.4, 0.5) is 11.4 Å². The predicted octanol–water partition coefficient (Wildman–Crippen LogP) is 16.6. The highest BCUT2D eigenvalue weighted by atomic mass is 15.1. The third-order valence-electron chi connectivity index (χ3n) is 13.7. The van der Waals surface area contributed by atoms with Crippen LogP contribution in [0.25, 0.3) is 82.8 Å². The molecule has 0 amide bonds. The van der Waals surface area contributed by atoms with Gasteiger partial charge in [0.25, 0.3) is 0 Å². The summed E-state index contributed by atoms with van der Waals surface area (Å²) in [6, 6.07) is 84.8. The Morgan fingerprint density at radius 3 is 1.83 bits per heavy atom. The number of benzene rings is 10. The van der Waals surface area contributed by atoms with Gasteiger partial charge in [0.2, 0.25) is 0 Å². The number of rotatable bonds is 8. The Bertz CT molecular complexity index is 3540. The van der Waals surface area contributed by atoms with Crippen molar-refractivity contribution in [1.82, 2.24) is 4.57 Å². The summed E-state index contributed by atoms with van der Waals surface area (Å²) in [6.45, 7) is 5.45. The molecule has 2 heteroatoms. The number of aromatic nitrogens is 1. The van der Waals surface area contributed by atoms with Crippen molar-refractivity contribution in [1.29, 1.82) is 0 Å². The van der Waals surface area contributed by atoms with Gasteiger partial charge in [-0.1, -0.05) is 196 Å². The van der Waals surface area contributed by atoms with Gasteiger partial charge >= 0.3 is 0 Å². The van der Waals surface area contributed by atoms with E-state index in [1.807, 2.05) is 0 Å². The Morgan fingerprint density at radius 2 is 1.02 bits per heavy atom. The van der Waals surface area contributed by atoms with Gasteiger partial charge in [0.05, 0.1) is 11.0 Å². The summed E-state index contributed by atoms with van der Waals surface area (Å²) in [5.41, 5.74) is 19.8. The quantitative estimate of drug-likeness (QED) is 0.148. The van der Waals surface area contributed by atoms with E-state index in [0.29, 0.717) is 0 Å². The molecule has 10 aromatic carbocycles. The van der Waals surface area contributed by atoms with Crippen LogP contribution < -0.4 is 4.90 Å². The molecule has 0 unspecified atom stereocenters. The Balaban J connectivity index is 0.959. The summed E-state index contributed by atoms with van der Waals surface area (Å²) >= 11 is 0. The normalized spacial score (nSPS) is 12.7. The van der Waals surface area contributed by atoms with Gasteiger partial charge < -0.3 is 9.47 Å². The van der Waals surface area contributed by atoms with Gasteiger partial charge in [-0.15, -0.1) is 0 Å². The molecule has 1 heterocycles. The van der Waals surface area contributed by atoms with E-state index in [1.54, 1.807) is 0 Å². The topological polar surface area (TPSA) is 8.17 Å². The van der Waals surface area contributed by atoms with Crippen molar-refractivity contribution >= 4 is 44.0 Å². The maximum absolute atomic E-state index is 2.49. The molecule has 0 spiro atoms. The standard InChI is InChI=1S/C62H46N2/c1-62(2)56-29-13-11-26-53(56)54-37-36-49(40-57(54)62)63(41-47-21-9-10-25-51(47)43-17-5-3-6-18-43)48-34-31-42(32-35-48)46-23-15-24-50(39-46)64-58-30-14-12-27-55(58)61-59(64)38-33-45-22-16-28-52(60(45)61)44-19-7-4-8-20-44/h3-40H,41H2,1-2H3. The first-order valence-electron chi connectivity index (χ1n) is 22.4. The lowest BCUT2D eigenvalue weighted by molar-refractivity contribution is 0.660. The van der Waals surface area contributed by atoms with Crippen molar-refractivity contribution < 1.29 is 0 Å². The molecule has 0 radical (unpaired) electrons. The number of para-hydroxylation sites is 1. The fourth-order valence-electron chi connectivity index (χ4n) is 10.6. The van der Waals surface area contributed by atoms with E-state index in [9.17, 15) is 0 Å². The third kappa shape index (κ3) is 6.17. The number of fused-ring (bicyclic) bond motifs is 8. The van der Waals surface area contributed by atoms with Crippen LogP contribution in [-0.2, 0) is 12.0 Å². The largest absolute Gasteiger partial charge is 0.337 e. The summed E-state index contributed by atoms with van der Waals surface area (Å²) in [5, 5.41) is 5.08. The molecule has 2 nitrogen and oxygen atoms in total. The van der Waals surface area contributed by atoms with Crippen molar-refractivity contribution in [3.63, 3.8) is 0 Å². The molecule has 11 aromatic rings. The second-order valence-corrected chi connectivity index (χ2v) is 17.7. The third-order valence-corrected chi connectivity index (χ3v) is 13.7. The Labute approximate surface area is 375 Å². The summed E-state index contributed by atoms with van der Waals surface area (Å²) in [7, 11) is 0. The summed E-state index contributed by atoms with van der Waals surface area (Å²) in [6.07, 6.45) is 0. The average Bonchev–Trinajstić information content (AvgIpc) is 3.82. The van der Waals surface area contributed by atoms with Gasteiger partial charge in [-0.25, -0.2) is 0 Å². The highest BCUT2D eigenvalue weighted by Gasteiger charge is 2.35. The van der Waals surface area contributed by atoms with Crippen LogP contribution >= 0.6 is 0 Å². The minimum atomic E-state index is -0.0991. The van der Waals surface area contributed by atoms with E-state index in [-0.39, 0.29) is 5.41 Å². The van der Waals surface area contributed by atoms with E-state index >= 15 is 0 Å². The molecule has 1 aromatic heterocycles. The van der Waals surface area contributed by atoms with Crippen molar-refractivity contribution in [2.75, 3.05) is 4.90 Å². The number of anilines is 2. The zero-order chi connectivity index (χ0) is 42.8. The lowest BCUT2D eigenvalue weighted by Gasteiger charge is -2.29. The van der Waals surface area contributed by atoms with Crippen LogP contribution in [0.1, 0.15) is 30.5 Å². The highest BCUT2D eigenvalue weighted by Crippen LogP contribution is 2.50. The van der Waals surface area contributed by atoms with Crippen LogP contribution in [0, 0.1) is 0 Å². The van der Waals surface area contributed by atoms with E-state index in [0.717, 1.165) is 17.9 Å². The molecule has 0 bridgehead atoms. The number of hydrogen-bond acceptors (Lipinski definition) is 1. The van der Waals surface area contributed by atoms with Crippen LogP contribution in [0.3, 0.4) is 0 Å². The maximum Gasteiger partial charge on any atom is 0.0547 e. The molecule has 304 valence electrons. The summed E-state index contributed by atoms with van der Waals surface area (Å²) in [5.74, 6) is 0. The molecular weight excluding hydrogens is 773 g/mol. The fourth-order valence-corrected chi connectivity index (χ4v) is 10.6. The first-order chi connectivity index (χ1) is 31.5. The van der Waals surface area contributed by atoms with Gasteiger partial charge in [0.15, 0.2) is 0 Å². The van der Waals surface area contributed by atoms with Gasteiger partial charge in [-0.2, -0.15) is 0 Å². The van der Waals surface area contributed by atoms with E-state index in [4.69, 9.17) is 0 Å². The highest BCUT2D eigenvalue weighted by molar-refractivity contribution is 6.24. The van der Waals surface area contributed by atoms with Gasteiger partial charge in [0, 0.05) is 39.8 Å². The maximum atomic E-state index is 2.49. The molecule has 1 aliphatic carbocycles. The lowest BCUT2D eigenvalue weighted by Crippen LogP contribution is -2.19. The summed E-state index contributed by atoms with van der Waals surface area (Å²) in [4.78, 5) is 2.49. The van der Waals surface area contributed by atoms with E-state index in [2.05, 4.69) is 254 Å². The lowest BCUT2D eigenvalue weighted by atomic mass is 9.82. The first kappa shape index (κ1) is 37.8. The minimum absolute atomic E-state index is 0.0991.